The van der Waals surface area contributed by atoms with Gasteiger partial charge in [0.2, 0.25) is 11.9 Å². The molecule has 12 nitrogen and oxygen atoms in total. The molecule has 37 heavy (non-hydrogen) atoms. The van der Waals surface area contributed by atoms with Crippen LogP contribution in [0.25, 0.3) is 10.9 Å². The topological polar surface area (TPSA) is 139 Å². The molecule has 13 heteroatoms. The van der Waals surface area contributed by atoms with E-state index in [-0.39, 0.29) is 10.7 Å². The summed E-state index contributed by atoms with van der Waals surface area (Å²) in [4.78, 5) is 42.0. The second-order valence-electron chi connectivity index (χ2n) is 9.08. The fourth-order valence-electron chi connectivity index (χ4n) is 5.21. The van der Waals surface area contributed by atoms with Crippen molar-refractivity contribution >= 4 is 40.1 Å². The Morgan fingerprint density at radius 3 is 2.43 bits per heavy atom. The first-order chi connectivity index (χ1) is 17.9. The molecule has 5 heterocycles. The van der Waals surface area contributed by atoms with Crippen LogP contribution >= 0.6 is 11.6 Å². The van der Waals surface area contributed by atoms with Gasteiger partial charge in [0.05, 0.1) is 29.0 Å². The van der Waals surface area contributed by atoms with Crippen molar-refractivity contribution in [3.05, 3.63) is 68.1 Å². The molecule has 0 aliphatic carbocycles. The standard InChI is InChI=1S/C24H24ClN9O3/c1-13-28-14(2)30-24(29-13)33-6-5-16-19-18(4-3-17(25)22(19)34(35)36)31-20(16)21(33)15-11-26-23(27-12-15)32-7-9-37-10-8-32/h3-4,11-12,21,31H,5-10H2,1-2H3. The third-order valence-corrected chi connectivity index (χ3v) is 7.07. The second-order valence-corrected chi connectivity index (χ2v) is 9.49. The number of aryl methyl sites for hydroxylation is 2. The van der Waals surface area contributed by atoms with Crippen LogP contribution in [0, 0.1) is 24.0 Å². The highest BCUT2D eigenvalue weighted by atomic mass is 35.5. The van der Waals surface area contributed by atoms with Gasteiger partial charge in [0, 0.05) is 43.3 Å². The first-order valence-corrected chi connectivity index (χ1v) is 12.4. The number of aromatic nitrogens is 6. The zero-order valence-corrected chi connectivity index (χ0v) is 21.1. The third kappa shape index (κ3) is 4.11. The number of halogens is 1. The Morgan fingerprint density at radius 1 is 1.05 bits per heavy atom. The zero-order chi connectivity index (χ0) is 25.7. The smallest absolute Gasteiger partial charge is 0.297 e. The molecule has 1 atom stereocenters. The summed E-state index contributed by atoms with van der Waals surface area (Å²) in [6, 6.07) is 2.93. The summed E-state index contributed by atoms with van der Waals surface area (Å²) in [7, 11) is 0. The van der Waals surface area contributed by atoms with Gasteiger partial charge in [-0.1, -0.05) is 11.6 Å². The van der Waals surface area contributed by atoms with Gasteiger partial charge in [-0.2, -0.15) is 9.97 Å². The average Bonchev–Trinajstić information content (AvgIpc) is 3.26. The van der Waals surface area contributed by atoms with E-state index in [0.717, 1.165) is 29.9 Å². The Bertz CT molecular complexity index is 1480. The van der Waals surface area contributed by atoms with Gasteiger partial charge < -0.3 is 19.5 Å². The number of benzene rings is 1. The molecule has 6 rings (SSSR count). The number of fused-ring (bicyclic) bond motifs is 3. The molecule has 0 radical (unpaired) electrons. The summed E-state index contributed by atoms with van der Waals surface area (Å²) < 4.78 is 5.44. The monoisotopic (exact) mass is 521 g/mol. The molecule has 1 aromatic carbocycles. The van der Waals surface area contributed by atoms with E-state index in [1.165, 1.54) is 0 Å². The van der Waals surface area contributed by atoms with Gasteiger partial charge in [-0.05, 0) is 38.0 Å². The van der Waals surface area contributed by atoms with Crippen molar-refractivity contribution in [1.82, 2.24) is 29.9 Å². The van der Waals surface area contributed by atoms with Gasteiger partial charge in [-0.3, -0.25) is 10.1 Å². The van der Waals surface area contributed by atoms with Crippen LogP contribution in [-0.2, 0) is 11.2 Å². The molecule has 1 unspecified atom stereocenters. The molecule has 3 aromatic heterocycles. The largest absolute Gasteiger partial charge is 0.378 e. The summed E-state index contributed by atoms with van der Waals surface area (Å²) >= 11 is 6.28. The van der Waals surface area contributed by atoms with Crippen LogP contribution in [0.5, 0.6) is 0 Å². The normalized spacial score (nSPS) is 17.8. The van der Waals surface area contributed by atoms with Gasteiger partial charge in [-0.25, -0.2) is 15.0 Å². The summed E-state index contributed by atoms with van der Waals surface area (Å²) in [5.74, 6) is 2.40. The van der Waals surface area contributed by atoms with Crippen molar-refractivity contribution in [1.29, 1.82) is 0 Å². The van der Waals surface area contributed by atoms with Crippen molar-refractivity contribution in [2.24, 2.45) is 0 Å². The molecule has 4 aromatic rings. The van der Waals surface area contributed by atoms with Crippen molar-refractivity contribution in [3.63, 3.8) is 0 Å². The van der Waals surface area contributed by atoms with Crippen LogP contribution in [0.3, 0.4) is 0 Å². The number of nitrogens with one attached hydrogen (secondary N) is 1. The molecule has 2 aliphatic heterocycles. The van der Waals surface area contributed by atoms with Crippen LogP contribution in [0.2, 0.25) is 5.02 Å². The first kappa shape index (κ1) is 23.5. The van der Waals surface area contributed by atoms with Gasteiger partial charge in [0.15, 0.2) is 0 Å². The summed E-state index contributed by atoms with van der Waals surface area (Å²) in [6.07, 6.45) is 4.15. The van der Waals surface area contributed by atoms with Crippen molar-refractivity contribution in [3.8, 4) is 0 Å². The number of nitrogens with zero attached hydrogens (tertiary/aromatic N) is 8. The Labute approximate surface area is 216 Å². The van der Waals surface area contributed by atoms with Gasteiger partial charge >= 0.3 is 0 Å². The van der Waals surface area contributed by atoms with Crippen molar-refractivity contribution in [2.75, 3.05) is 42.6 Å². The summed E-state index contributed by atoms with van der Waals surface area (Å²) in [6.45, 7) is 6.93. The molecule has 1 N–H and O–H groups in total. The number of ether oxygens (including phenoxy) is 1. The first-order valence-electron chi connectivity index (χ1n) is 12.0. The van der Waals surface area contributed by atoms with Crippen LogP contribution in [0.4, 0.5) is 17.6 Å². The molecule has 2 aliphatic rings. The Balaban J connectivity index is 1.51. The molecule has 1 fully saturated rings. The maximum Gasteiger partial charge on any atom is 0.297 e. The van der Waals surface area contributed by atoms with E-state index in [0.29, 0.717) is 60.6 Å². The number of nitro groups is 1. The minimum absolute atomic E-state index is 0.0883. The molecule has 190 valence electrons. The zero-order valence-electron chi connectivity index (χ0n) is 20.3. The predicted octanol–water partition coefficient (Wildman–Crippen LogP) is 3.31. The number of rotatable bonds is 4. The highest BCUT2D eigenvalue weighted by molar-refractivity contribution is 6.34. The Morgan fingerprint density at radius 2 is 1.76 bits per heavy atom. The summed E-state index contributed by atoms with van der Waals surface area (Å²) in [5.41, 5.74) is 3.04. The van der Waals surface area contributed by atoms with Crippen molar-refractivity contribution in [2.45, 2.75) is 26.3 Å². The van der Waals surface area contributed by atoms with E-state index >= 15 is 0 Å². The molecule has 1 saturated heterocycles. The highest BCUT2D eigenvalue weighted by Crippen LogP contribution is 2.44. The van der Waals surface area contributed by atoms with Crippen LogP contribution in [-0.4, -0.2) is 67.7 Å². The predicted molar refractivity (Wildman–Crippen MR) is 137 cm³/mol. The van der Waals surface area contributed by atoms with Crippen LogP contribution < -0.4 is 9.80 Å². The maximum absolute atomic E-state index is 12.0. The van der Waals surface area contributed by atoms with Crippen LogP contribution in [0.15, 0.2) is 24.5 Å². The number of aromatic amines is 1. The Kier molecular flexibility index (Phi) is 5.84. The number of H-pyrrole nitrogens is 1. The van der Waals surface area contributed by atoms with E-state index in [2.05, 4.69) is 39.7 Å². The lowest BCUT2D eigenvalue weighted by molar-refractivity contribution is -0.382. The lowest BCUT2D eigenvalue weighted by Crippen LogP contribution is -2.39. The number of nitro benzene ring substituents is 1. The number of morpholine rings is 1. The molecule has 0 saturated carbocycles. The van der Waals surface area contributed by atoms with E-state index in [9.17, 15) is 10.1 Å². The van der Waals surface area contributed by atoms with Gasteiger partial charge in [0.25, 0.3) is 5.69 Å². The molecule has 0 bridgehead atoms. The SMILES string of the molecule is Cc1nc(C)nc(N2CCc3c([nH]c4ccc(Cl)c([N+](=O)[O-])c34)C2c2cnc(N3CCOCC3)nc2)n1. The maximum atomic E-state index is 12.0. The van der Waals surface area contributed by atoms with E-state index in [1.807, 2.05) is 13.8 Å². The van der Waals surface area contributed by atoms with Crippen LogP contribution in [0.1, 0.15) is 34.5 Å². The minimum Gasteiger partial charge on any atom is -0.378 e. The number of hydrogen-bond donors (Lipinski definition) is 1. The van der Waals surface area contributed by atoms with E-state index in [1.54, 1.807) is 24.5 Å². The highest BCUT2D eigenvalue weighted by Gasteiger charge is 2.36. The number of hydrogen-bond acceptors (Lipinski definition) is 10. The van der Waals surface area contributed by atoms with Gasteiger partial charge in [-0.15, -0.1) is 0 Å². The quantitative estimate of drug-likeness (QED) is 0.314. The van der Waals surface area contributed by atoms with Crippen molar-refractivity contribution < 1.29 is 9.66 Å². The Hall–Kier alpha value is -3.90. The molecular weight excluding hydrogens is 498 g/mol. The van der Waals surface area contributed by atoms with E-state index < -0.39 is 11.0 Å². The minimum atomic E-state index is -0.418. The lowest BCUT2D eigenvalue weighted by atomic mass is 9.93. The fraction of sp³-hybridized carbons (Fsp3) is 0.375. The summed E-state index contributed by atoms with van der Waals surface area (Å²) in [5, 5.41) is 12.6. The average molecular weight is 522 g/mol. The van der Waals surface area contributed by atoms with E-state index in [4.69, 9.17) is 16.3 Å². The molecule has 0 spiro atoms. The number of anilines is 2. The molecular formula is C24H24ClN9O3. The fourth-order valence-corrected chi connectivity index (χ4v) is 5.43. The van der Waals surface area contributed by atoms with Gasteiger partial charge in [0.1, 0.15) is 22.7 Å². The molecule has 0 amide bonds. The second kappa shape index (κ2) is 9.20. The third-order valence-electron chi connectivity index (χ3n) is 6.77. The lowest BCUT2D eigenvalue weighted by Gasteiger charge is -2.36.